The highest BCUT2D eigenvalue weighted by Crippen LogP contribution is 2.47. The molecule has 0 bridgehead atoms. The highest BCUT2D eigenvalue weighted by molar-refractivity contribution is 14.1. The Morgan fingerprint density at radius 1 is 1.12 bits per heavy atom. The summed E-state index contributed by atoms with van der Waals surface area (Å²) in [6.45, 7) is 2.16. The Labute approximate surface area is 246 Å². The van der Waals surface area contributed by atoms with Crippen LogP contribution in [0.5, 0.6) is 0 Å². The number of carbonyl (C=O) groups excluding carboxylic acids is 2. The first-order valence-electron chi connectivity index (χ1n) is 12.8. The summed E-state index contributed by atoms with van der Waals surface area (Å²) in [5.41, 5.74) is 0.0564. The Morgan fingerprint density at radius 3 is 2.48 bits per heavy atom. The van der Waals surface area contributed by atoms with Crippen molar-refractivity contribution < 1.29 is 24.7 Å². The van der Waals surface area contributed by atoms with Crippen LogP contribution in [0.4, 0.5) is 11.4 Å². The zero-order valence-corrected chi connectivity index (χ0v) is 24.1. The number of benzene rings is 3. The SMILES string of the molecule is C[C@H](/C=C/CC(=O)N(CCO)Cc1ccccc1)[C@@]1(O)C(=O)N(Cc2ccc(I)cc2)c2ccc([N+](=O)[O-])cc21. The van der Waals surface area contributed by atoms with Gasteiger partial charge in [-0.2, -0.15) is 0 Å². The molecule has 9 nitrogen and oxygen atoms in total. The number of anilines is 1. The number of aliphatic hydroxyl groups is 2. The molecule has 3 aromatic carbocycles. The molecule has 0 saturated heterocycles. The van der Waals surface area contributed by atoms with E-state index in [1.807, 2.05) is 54.6 Å². The quantitative estimate of drug-likeness (QED) is 0.135. The monoisotopic (exact) mass is 655 g/mol. The first-order chi connectivity index (χ1) is 19.1. The summed E-state index contributed by atoms with van der Waals surface area (Å²) in [6.07, 6.45) is 3.18. The van der Waals surface area contributed by atoms with Gasteiger partial charge in [-0.05, 0) is 51.9 Å². The summed E-state index contributed by atoms with van der Waals surface area (Å²) in [6, 6.07) is 21.1. The molecule has 208 valence electrons. The molecule has 1 heterocycles. The normalized spacial score (nSPS) is 17.2. The standard InChI is InChI=1S/C30H30IN3O6/c1-21(6-5-9-28(36)32(16-17-35)19-22-7-3-2-4-8-22)30(38)26-18-25(34(39)40)14-15-27(26)33(29(30)37)20-23-10-12-24(31)13-11-23/h2-8,10-15,18,21,35,38H,9,16-17,19-20H2,1H3/b6-5+/t21-,30+/m1/s1. The first kappa shape index (κ1) is 29.4. The summed E-state index contributed by atoms with van der Waals surface area (Å²) in [4.78, 5) is 40.6. The predicted molar refractivity (Wildman–Crippen MR) is 159 cm³/mol. The maximum atomic E-state index is 13.7. The summed E-state index contributed by atoms with van der Waals surface area (Å²) in [5.74, 6) is -1.60. The topological polar surface area (TPSA) is 124 Å². The fourth-order valence-electron chi connectivity index (χ4n) is 4.84. The molecule has 10 heteroatoms. The molecule has 40 heavy (non-hydrogen) atoms. The van der Waals surface area contributed by atoms with E-state index in [9.17, 15) is 29.9 Å². The minimum atomic E-state index is -2.06. The Morgan fingerprint density at radius 2 is 1.82 bits per heavy atom. The van der Waals surface area contributed by atoms with Crippen LogP contribution < -0.4 is 4.90 Å². The molecule has 3 aromatic rings. The predicted octanol–water partition coefficient (Wildman–Crippen LogP) is 4.54. The van der Waals surface area contributed by atoms with Gasteiger partial charge in [0.25, 0.3) is 11.6 Å². The molecule has 2 atom stereocenters. The maximum Gasteiger partial charge on any atom is 0.269 e. The highest BCUT2D eigenvalue weighted by Gasteiger charge is 2.53. The minimum Gasteiger partial charge on any atom is -0.395 e. The van der Waals surface area contributed by atoms with E-state index in [1.165, 1.54) is 23.1 Å². The van der Waals surface area contributed by atoms with Crippen molar-refractivity contribution in [3.05, 3.63) is 115 Å². The second kappa shape index (κ2) is 12.7. The lowest BCUT2D eigenvalue weighted by atomic mass is 9.82. The molecule has 4 rings (SSSR count). The average molecular weight is 655 g/mol. The molecule has 1 aliphatic rings. The molecule has 0 saturated carbocycles. The molecule has 1 aliphatic heterocycles. The molecule has 0 spiro atoms. The van der Waals surface area contributed by atoms with Gasteiger partial charge in [-0.25, -0.2) is 0 Å². The van der Waals surface area contributed by atoms with Gasteiger partial charge in [0.15, 0.2) is 5.60 Å². The zero-order valence-electron chi connectivity index (χ0n) is 21.9. The van der Waals surface area contributed by atoms with Crippen LogP contribution in [0, 0.1) is 19.6 Å². The summed E-state index contributed by atoms with van der Waals surface area (Å²) >= 11 is 2.19. The average Bonchev–Trinajstić information content (AvgIpc) is 3.16. The van der Waals surface area contributed by atoms with Gasteiger partial charge >= 0.3 is 0 Å². The number of hydrogen-bond donors (Lipinski definition) is 2. The fraction of sp³-hybridized carbons (Fsp3) is 0.267. The first-order valence-corrected chi connectivity index (χ1v) is 13.9. The maximum absolute atomic E-state index is 13.7. The molecule has 2 N–H and O–H groups in total. The number of non-ortho nitro benzene ring substituents is 1. The molecule has 0 aliphatic carbocycles. The Bertz CT molecular complexity index is 1410. The number of aliphatic hydroxyl groups excluding tert-OH is 1. The van der Waals surface area contributed by atoms with Crippen LogP contribution in [0.15, 0.2) is 84.9 Å². The van der Waals surface area contributed by atoms with E-state index in [-0.39, 0.29) is 43.3 Å². The van der Waals surface area contributed by atoms with Crippen molar-refractivity contribution in [2.24, 2.45) is 5.92 Å². The number of hydrogen-bond acceptors (Lipinski definition) is 6. The van der Waals surface area contributed by atoms with E-state index >= 15 is 0 Å². The van der Waals surface area contributed by atoms with Crippen LogP contribution in [-0.4, -0.2) is 45.0 Å². The third kappa shape index (κ3) is 6.24. The summed E-state index contributed by atoms with van der Waals surface area (Å²) < 4.78 is 1.04. The number of fused-ring (bicyclic) bond motifs is 1. The van der Waals surface area contributed by atoms with Gasteiger partial charge in [0, 0.05) is 46.7 Å². The third-order valence-electron chi connectivity index (χ3n) is 7.03. The lowest BCUT2D eigenvalue weighted by molar-refractivity contribution is -0.385. The molecule has 0 unspecified atom stereocenters. The van der Waals surface area contributed by atoms with Crippen molar-refractivity contribution in [1.82, 2.24) is 4.90 Å². The number of carbonyl (C=O) groups is 2. The molecule has 0 aromatic heterocycles. The van der Waals surface area contributed by atoms with Crippen LogP contribution in [0.2, 0.25) is 0 Å². The fourth-order valence-corrected chi connectivity index (χ4v) is 5.20. The Hall–Kier alpha value is -3.61. The molecule has 0 fully saturated rings. The number of halogens is 1. The lowest BCUT2D eigenvalue weighted by Crippen LogP contribution is -2.44. The van der Waals surface area contributed by atoms with Gasteiger partial charge in [-0.3, -0.25) is 19.7 Å². The minimum absolute atomic E-state index is 0.00436. The van der Waals surface area contributed by atoms with Gasteiger partial charge in [-0.1, -0.05) is 61.5 Å². The van der Waals surface area contributed by atoms with Crippen LogP contribution in [-0.2, 0) is 28.3 Å². The summed E-state index contributed by atoms with van der Waals surface area (Å²) in [5, 5.41) is 32.8. The number of amides is 2. The van der Waals surface area contributed by atoms with Crippen LogP contribution >= 0.6 is 22.6 Å². The number of nitrogens with zero attached hydrogens (tertiary/aromatic N) is 3. The van der Waals surface area contributed by atoms with Crippen molar-refractivity contribution in [2.45, 2.75) is 32.0 Å². The molecular formula is C30H30IN3O6. The zero-order chi connectivity index (χ0) is 28.9. The van der Waals surface area contributed by atoms with E-state index in [1.54, 1.807) is 24.0 Å². The largest absolute Gasteiger partial charge is 0.395 e. The van der Waals surface area contributed by atoms with E-state index in [0.29, 0.717) is 12.2 Å². The van der Waals surface area contributed by atoms with Crippen LogP contribution in [0.1, 0.15) is 30.0 Å². The third-order valence-corrected chi connectivity index (χ3v) is 7.75. The lowest BCUT2D eigenvalue weighted by Gasteiger charge is -2.27. The number of nitro benzene ring substituents is 1. The Balaban J connectivity index is 1.57. The van der Waals surface area contributed by atoms with Gasteiger partial charge in [-0.15, -0.1) is 0 Å². The van der Waals surface area contributed by atoms with Crippen LogP contribution in [0.3, 0.4) is 0 Å². The van der Waals surface area contributed by atoms with E-state index in [4.69, 9.17) is 0 Å². The van der Waals surface area contributed by atoms with Gasteiger partial charge in [0.05, 0.1) is 23.8 Å². The van der Waals surface area contributed by atoms with Crippen molar-refractivity contribution >= 4 is 45.8 Å². The van der Waals surface area contributed by atoms with E-state index in [0.717, 1.165) is 14.7 Å². The molecule has 2 amide bonds. The summed E-state index contributed by atoms with van der Waals surface area (Å²) in [7, 11) is 0. The van der Waals surface area contributed by atoms with Gasteiger partial charge in [0.1, 0.15) is 0 Å². The van der Waals surface area contributed by atoms with E-state index in [2.05, 4.69) is 22.6 Å². The van der Waals surface area contributed by atoms with Crippen molar-refractivity contribution in [2.75, 3.05) is 18.1 Å². The van der Waals surface area contributed by atoms with Gasteiger partial charge in [0.2, 0.25) is 5.91 Å². The molecule has 0 radical (unpaired) electrons. The second-order valence-electron chi connectivity index (χ2n) is 9.69. The van der Waals surface area contributed by atoms with E-state index < -0.39 is 22.3 Å². The number of nitro groups is 1. The van der Waals surface area contributed by atoms with Crippen molar-refractivity contribution in [3.8, 4) is 0 Å². The smallest absolute Gasteiger partial charge is 0.269 e. The number of rotatable bonds is 11. The van der Waals surface area contributed by atoms with Crippen LogP contribution in [0.25, 0.3) is 0 Å². The highest BCUT2D eigenvalue weighted by atomic mass is 127. The van der Waals surface area contributed by atoms with Crippen molar-refractivity contribution in [1.29, 1.82) is 0 Å². The molecular weight excluding hydrogens is 625 g/mol. The second-order valence-corrected chi connectivity index (χ2v) is 10.9. The van der Waals surface area contributed by atoms with Gasteiger partial charge < -0.3 is 20.0 Å². The Kier molecular flexibility index (Phi) is 9.33. The van der Waals surface area contributed by atoms with Crippen molar-refractivity contribution in [3.63, 3.8) is 0 Å².